The first-order chi connectivity index (χ1) is 5.55. The maximum absolute atomic E-state index is 12.7. The third-order valence-electron chi connectivity index (χ3n) is 1.88. The molecule has 12 heavy (non-hydrogen) atoms. The molecule has 0 radical (unpaired) electrons. The SMILES string of the molecule is O=C(CO)N1CCCC(F)(F)C1. The summed E-state index contributed by atoms with van der Waals surface area (Å²) in [7, 11) is 0. The van der Waals surface area contributed by atoms with Gasteiger partial charge in [-0.15, -0.1) is 0 Å². The minimum Gasteiger partial charge on any atom is -0.387 e. The minimum atomic E-state index is -2.77. The van der Waals surface area contributed by atoms with E-state index in [1.165, 1.54) is 0 Å². The van der Waals surface area contributed by atoms with Crippen LogP contribution in [0.5, 0.6) is 0 Å². The van der Waals surface area contributed by atoms with Crippen molar-refractivity contribution in [2.45, 2.75) is 18.8 Å². The largest absolute Gasteiger partial charge is 0.387 e. The molecule has 1 rings (SSSR count). The van der Waals surface area contributed by atoms with Crippen LogP contribution in [0.1, 0.15) is 12.8 Å². The molecule has 0 aromatic rings. The van der Waals surface area contributed by atoms with E-state index in [-0.39, 0.29) is 6.42 Å². The van der Waals surface area contributed by atoms with E-state index in [4.69, 9.17) is 5.11 Å². The second-order valence-electron chi connectivity index (χ2n) is 2.93. The summed E-state index contributed by atoms with van der Waals surface area (Å²) in [6.45, 7) is -0.905. The van der Waals surface area contributed by atoms with Crippen molar-refractivity contribution >= 4 is 5.91 Å². The fraction of sp³-hybridized carbons (Fsp3) is 0.857. The molecule has 1 N–H and O–H groups in total. The lowest BCUT2D eigenvalue weighted by Crippen LogP contribution is -2.46. The molecule has 1 saturated heterocycles. The molecule has 0 unspecified atom stereocenters. The average Bonchev–Trinajstić information content (AvgIpc) is 2.01. The molecule has 0 aromatic carbocycles. The molecule has 0 aliphatic carbocycles. The number of rotatable bonds is 1. The average molecular weight is 179 g/mol. The van der Waals surface area contributed by atoms with Crippen molar-refractivity contribution in [3.05, 3.63) is 0 Å². The van der Waals surface area contributed by atoms with E-state index in [0.29, 0.717) is 13.0 Å². The smallest absolute Gasteiger partial charge is 0.265 e. The third-order valence-corrected chi connectivity index (χ3v) is 1.88. The predicted octanol–water partition coefficient (Wildman–Crippen LogP) is 0.236. The minimum absolute atomic E-state index is 0.164. The van der Waals surface area contributed by atoms with E-state index in [1.54, 1.807) is 0 Å². The van der Waals surface area contributed by atoms with Crippen molar-refractivity contribution in [2.75, 3.05) is 19.7 Å². The molecule has 1 fully saturated rings. The quantitative estimate of drug-likeness (QED) is 0.626. The fourth-order valence-corrected chi connectivity index (χ4v) is 1.28. The Bertz CT molecular complexity index is 184. The van der Waals surface area contributed by atoms with Gasteiger partial charge in [-0.05, 0) is 6.42 Å². The Labute approximate surface area is 69.0 Å². The van der Waals surface area contributed by atoms with Crippen LogP contribution in [0.2, 0.25) is 0 Å². The van der Waals surface area contributed by atoms with Crippen LogP contribution in [0.3, 0.4) is 0 Å². The van der Waals surface area contributed by atoms with E-state index >= 15 is 0 Å². The Morgan fingerprint density at radius 1 is 1.58 bits per heavy atom. The highest BCUT2D eigenvalue weighted by Gasteiger charge is 2.36. The number of carbonyl (C=O) groups excluding carboxylic acids is 1. The first kappa shape index (κ1) is 9.38. The van der Waals surface area contributed by atoms with Crippen molar-refractivity contribution in [1.29, 1.82) is 0 Å². The summed E-state index contributed by atoms with van der Waals surface area (Å²) in [5, 5.41) is 8.42. The highest BCUT2D eigenvalue weighted by atomic mass is 19.3. The summed E-state index contributed by atoms with van der Waals surface area (Å²) in [6.07, 6.45) is 0.140. The molecule has 5 heteroatoms. The summed E-state index contributed by atoms with van der Waals surface area (Å²) in [4.78, 5) is 11.8. The number of alkyl halides is 2. The Kier molecular flexibility index (Phi) is 2.62. The maximum Gasteiger partial charge on any atom is 0.265 e. The lowest BCUT2D eigenvalue weighted by Gasteiger charge is -2.31. The van der Waals surface area contributed by atoms with Crippen LogP contribution < -0.4 is 0 Å². The standard InChI is InChI=1S/C7H11F2NO2/c8-7(9)2-1-3-10(5-7)6(12)4-11/h11H,1-5H2. The van der Waals surface area contributed by atoms with Crippen molar-refractivity contribution in [3.63, 3.8) is 0 Å². The van der Waals surface area contributed by atoms with Crippen molar-refractivity contribution < 1.29 is 18.7 Å². The van der Waals surface area contributed by atoms with Crippen molar-refractivity contribution in [3.8, 4) is 0 Å². The first-order valence-electron chi connectivity index (χ1n) is 3.82. The molecule has 70 valence electrons. The van der Waals surface area contributed by atoms with Gasteiger partial charge in [-0.2, -0.15) is 0 Å². The van der Waals surface area contributed by atoms with Crippen LogP contribution in [0.4, 0.5) is 8.78 Å². The second kappa shape index (κ2) is 3.35. The number of hydrogen-bond donors (Lipinski definition) is 1. The van der Waals surface area contributed by atoms with Crippen LogP contribution >= 0.6 is 0 Å². The second-order valence-corrected chi connectivity index (χ2v) is 2.93. The summed E-state index contributed by atoms with van der Waals surface area (Å²) in [6, 6.07) is 0. The van der Waals surface area contributed by atoms with Crippen LogP contribution in [0.15, 0.2) is 0 Å². The lowest BCUT2D eigenvalue weighted by molar-refractivity contribution is -0.144. The van der Waals surface area contributed by atoms with E-state index in [9.17, 15) is 13.6 Å². The zero-order valence-electron chi connectivity index (χ0n) is 6.59. The van der Waals surface area contributed by atoms with Gasteiger partial charge in [0, 0.05) is 13.0 Å². The first-order valence-corrected chi connectivity index (χ1v) is 3.82. The van der Waals surface area contributed by atoms with Gasteiger partial charge >= 0.3 is 0 Å². The van der Waals surface area contributed by atoms with Gasteiger partial charge in [0.1, 0.15) is 6.61 Å². The molecule has 0 aromatic heterocycles. The highest BCUT2D eigenvalue weighted by Crippen LogP contribution is 2.26. The Balaban J connectivity index is 2.52. The molecule has 1 aliphatic heterocycles. The van der Waals surface area contributed by atoms with E-state index in [0.717, 1.165) is 4.90 Å². The van der Waals surface area contributed by atoms with Gasteiger partial charge in [-0.25, -0.2) is 8.78 Å². The zero-order chi connectivity index (χ0) is 9.19. The third kappa shape index (κ3) is 2.14. The van der Waals surface area contributed by atoms with Gasteiger partial charge in [0.25, 0.3) is 5.92 Å². The molecule has 0 saturated carbocycles. The molecule has 1 amide bonds. The Hall–Kier alpha value is -0.710. The molecule has 0 bridgehead atoms. The molecular formula is C7H11F2NO2. The molecule has 3 nitrogen and oxygen atoms in total. The van der Waals surface area contributed by atoms with Gasteiger partial charge < -0.3 is 10.0 Å². The number of halogens is 2. The van der Waals surface area contributed by atoms with Crippen LogP contribution in [-0.4, -0.2) is 41.5 Å². The molecule has 0 spiro atoms. The molecular weight excluding hydrogens is 168 g/mol. The summed E-state index contributed by atoms with van der Waals surface area (Å²) in [5.41, 5.74) is 0. The fourth-order valence-electron chi connectivity index (χ4n) is 1.28. The lowest BCUT2D eigenvalue weighted by atomic mass is 10.1. The summed E-state index contributed by atoms with van der Waals surface area (Å²) in [5.74, 6) is -3.39. The monoisotopic (exact) mass is 179 g/mol. The zero-order valence-corrected chi connectivity index (χ0v) is 6.59. The molecule has 0 atom stereocenters. The Morgan fingerprint density at radius 3 is 2.75 bits per heavy atom. The number of carbonyl (C=O) groups is 1. The number of hydrogen-bond acceptors (Lipinski definition) is 2. The normalized spacial score (nSPS) is 22.4. The number of nitrogens with zero attached hydrogens (tertiary/aromatic N) is 1. The number of piperidine rings is 1. The van der Waals surface area contributed by atoms with Crippen LogP contribution in [0, 0.1) is 0 Å². The number of aliphatic hydroxyl groups is 1. The van der Waals surface area contributed by atoms with E-state index in [2.05, 4.69) is 0 Å². The topological polar surface area (TPSA) is 40.5 Å². The van der Waals surface area contributed by atoms with E-state index in [1.807, 2.05) is 0 Å². The summed E-state index contributed by atoms with van der Waals surface area (Å²) >= 11 is 0. The van der Waals surface area contributed by atoms with Gasteiger partial charge in [0.05, 0.1) is 6.54 Å². The highest BCUT2D eigenvalue weighted by molar-refractivity contribution is 5.77. The summed E-state index contributed by atoms with van der Waals surface area (Å²) < 4.78 is 25.4. The maximum atomic E-state index is 12.7. The number of amides is 1. The van der Waals surface area contributed by atoms with Gasteiger partial charge in [0.15, 0.2) is 0 Å². The van der Waals surface area contributed by atoms with Crippen LogP contribution in [0.25, 0.3) is 0 Å². The molecule has 1 heterocycles. The molecule has 1 aliphatic rings. The van der Waals surface area contributed by atoms with E-state index < -0.39 is 25.0 Å². The number of aliphatic hydroxyl groups excluding tert-OH is 1. The number of likely N-dealkylation sites (tertiary alicyclic amines) is 1. The van der Waals surface area contributed by atoms with Gasteiger partial charge in [-0.1, -0.05) is 0 Å². The van der Waals surface area contributed by atoms with Gasteiger partial charge in [-0.3, -0.25) is 4.79 Å². The van der Waals surface area contributed by atoms with Crippen LogP contribution in [-0.2, 0) is 4.79 Å². The Morgan fingerprint density at radius 2 is 2.25 bits per heavy atom. The van der Waals surface area contributed by atoms with Crippen molar-refractivity contribution in [2.24, 2.45) is 0 Å². The van der Waals surface area contributed by atoms with Gasteiger partial charge in [0.2, 0.25) is 5.91 Å². The van der Waals surface area contributed by atoms with Crippen molar-refractivity contribution in [1.82, 2.24) is 4.90 Å². The predicted molar refractivity (Wildman–Crippen MR) is 37.8 cm³/mol.